The number of benzene rings is 1. The molecule has 3 rings (SSSR count). The fourth-order valence-electron chi connectivity index (χ4n) is 4.53. The summed E-state index contributed by atoms with van der Waals surface area (Å²) >= 11 is 6.26. The summed E-state index contributed by atoms with van der Waals surface area (Å²) in [6.45, 7) is 10.5. The summed E-state index contributed by atoms with van der Waals surface area (Å²) in [4.78, 5) is 39.7. The number of fused-ring (bicyclic) bond motifs is 1. The second-order valence-electron chi connectivity index (χ2n) is 11.2. The van der Waals surface area contributed by atoms with Crippen LogP contribution >= 0.6 is 11.6 Å². The summed E-state index contributed by atoms with van der Waals surface area (Å²) < 4.78 is 66.9. The molecule has 0 saturated heterocycles. The number of carbonyl (C=O) groups excluding carboxylic acids is 1. The topological polar surface area (TPSA) is 133 Å². The van der Waals surface area contributed by atoms with Gasteiger partial charge in [-0.2, -0.15) is 13.2 Å². The first kappa shape index (κ1) is 36.1. The molecule has 0 atom stereocenters. The maximum absolute atomic E-state index is 14.0. The number of hydrogen-bond donors (Lipinski definition) is 3. The van der Waals surface area contributed by atoms with Crippen LogP contribution < -0.4 is 10.1 Å². The minimum Gasteiger partial charge on any atom is -0.485 e. The first-order valence-corrected chi connectivity index (χ1v) is 13.3. The van der Waals surface area contributed by atoms with Crippen molar-refractivity contribution in [1.29, 1.82) is 0 Å². The minimum absolute atomic E-state index is 0.153. The average Bonchev–Trinajstić information content (AvgIpc) is 3.17. The molecule has 3 N–H and O–H groups in total. The Hall–Kier alpha value is -4.14. The highest BCUT2D eigenvalue weighted by molar-refractivity contribution is 6.30. The molecule has 10 nitrogen and oxygen atoms in total. The van der Waals surface area contributed by atoms with E-state index in [0.29, 0.717) is 12.1 Å². The second kappa shape index (κ2) is 13.7. The zero-order chi connectivity index (χ0) is 33.8. The predicted molar refractivity (Wildman–Crippen MR) is 150 cm³/mol. The molecule has 0 aliphatic carbocycles. The molecule has 0 aliphatic rings. The lowest BCUT2D eigenvalue weighted by Gasteiger charge is -2.45. The Morgan fingerprint density at radius 2 is 1.61 bits per heavy atom. The van der Waals surface area contributed by atoms with E-state index in [4.69, 9.17) is 26.2 Å². The summed E-state index contributed by atoms with van der Waals surface area (Å²) in [5.74, 6) is -4.53. The number of carbonyl (C=O) groups is 3. The largest absolute Gasteiger partial charge is 0.490 e. The van der Waals surface area contributed by atoms with Gasteiger partial charge in [-0.15, -0.1) is 0 Å². The number of imidazole rings is 1. The molecule has 0 saturated carbocycles. The molecular weight excluding hydrogens is 619 g/mol. The van der Waals surface area contributed by atoms with Gasteiger partial charge in [0.2, 0.25) is 0 Å². The third kappa shape index (κ3) is 8.94. The molecule has 16 heteroatoms. The van der Waals surface area contributed by atoms with Crippen LogP contribution in [0.3, 0.4) is 0 Å². The molecule has 0 aliphatic heterocycles. The summed E-state index contributed by atoms with van der Waals surface area (Å²) in [5, 5.41) is 19.9. The number of aliphatic carboxylic acids is 1. The van der Waals surface area contributed by atoms with E-state index in [1.807, 2.05) is 20.8 Å². The Morgan fingerprint density at radius 1 is 1.07 bits per heavy atom. The maximum atomic E-state index is 14.0. The molecule has 0 radical (unpaired) electrons. The fraction of sp³-hybridized carbons (Fsp3) is 0.429. The number of pyridine rings is 1. The van der Waals surface area contributed by atoms with Gasteiger partial charge in [0, 0.05) is 29.9 Å². The molecule has 242 valence electrons. The van der Waals surface area contributed by atoms with Gasteiger partial charge in [0.25, 0.3) is 5.91 Å². The van der Waals surface area contributed by atoms with Gasteiger partial charge in [0.1, 0.15) is 23.9 Å². The molecule has 3 aromatic rings. The van der Waals surface area contributed by atoms with Gasteiger partial charge in [0.15, 0.2) is 11.4 Å². The van der Waals surface area contributed by atoms with E-state index in [0.717, 1.165) is 12.1 Å². The van der Waals surface area contributed by atoms with Crippen LogP contribution in [0.25, 0.3) is 5.65 Å². The van der Waals surface area contributed by atoms with Gasteiger partial charge >= 0.3 is 18.2 Å². The average molecular weight is 651 g/mol. The second-order valence-corrected chi connectivity index (χ2v) is 11.6. The Balaban J connectivity index is 0.000000860. The predicted octanol–water partition coefficient (Wildman–Crippen LogP) is 6.46. The summed E-state index contributed by atoms with van der Waals surface area (Å²) in [6, 6.07) is 4.99. The molecular formula is C28H32ClF5N4O6. The van der Waals surface area contributed by atoms with Crippen molar-refractivity contribution in [3.05, 3.63) is 64.1 Å². The number of hydrogen-bond acceptors (Lipinski definition) is 5. The molecule has 2 aromatic heterocycles. The van der Waals surface area contributed by atoms with Crippen LogP contribution in [-0.4, -0.2) is 66.3 Å². The molecule has 0 spiro atoms. The van der Waals surface area contributed by atoms with E-state index in [1.54, 1.807) is 20.8 Å². The molecule has 0 fully saturated rings. The molecule has 0 unspecified atom stereocenters. The number of carboxylic acids is 1. The number of ether oxygens (including phenoxy) is 1. The van der Waals surface area contributed by atoms with Gasteiger partial charge in [-0.25, -0.2) is 23.4 Å². The lowest BCUT2D eigenvalue weighted by atomic mass is 9.92. The zero-order valence-electron chi connectivity index (χ0n) is 24.6. The minimum atomic E-state index is -5.08. The first-order valence-electron chi connectivity index (χ1n) is 12.9. The Morgan fingerprint density at radius 3 is 2.09 bits per heavy atom. The van der Waals surface area contributed by atoms with Crippen LogP contribution in [0.4, 0.5) is 26.7 Å². The van der Waals surface area contributed by atoms with E-state index in [-0.39, 0.29) is 34.2 Å². The lowest BCUT2D eigenvalue weighted by molar-refractivity contribution is -0.192. The van der Waals surface area contributed by atoms with Crippen molar-refractivity contribution in [2.24, 2.45) is 0 Å². The number of carboxylic acid groups (broad SMARTS) is 2. The maximum Gasteiger partial charge on any atom is 0.490 e. The van der Waals surface area contributed by atoms with Gasteiger partial charge in [0.05, 0.1) is 16.3 Å². The number of amides is 2. The number of aromatic nitrogens is 2. The highest BCUT2D eigenvalue weighted by Crippen LogP contribution is 2.29. The van der Waals surface area contributed by atoms with Crippen LogP contribution in [-0.2, 0) is 11.4 Å². The van der Waals surface area contributed by atoms with E-state index < -0.39 is 53.5 Å². The first-order chi connectivity index (χ1) is 20.1. The van der Waals surface area contributed by atoms with E-state index >= 15 is 0 Å². The third-order valence-corrected chi connectivity index (χ3v) is 6.41. The summed E-state index contributed by atoms with van der Waals surface area (Å²) in [5.41, 5.74) is -0.760. The van der Waals surface area contributed by atoms with Crippen LogP contribution in [0.15, 0.2) is 30.5 Å². The number of halogens is 6. The molecule has 2 heterocycles. The van der Waals surface area contributed by atoms with Crippen LogP contribution in [0.2, 0.25) is 5.02 Å². The normalized spacial score (nSPS) is 11.9. The number of aryl methyl sites for hydroxylation is 1. The Kier molecular flexibility index (Phi) is 11.2. The number of nitrogens with one attached hydrogen (secondary N) is 1. The van der Waals surface area contributed by atoms with Crippen molar-refractivity contribution in [3.63, 3.8) is 0 Å². The Bertz CT molecular complexity index is 1520. The third-order valence-electron chi connectivity index (χ3n) is 6.21. The van der Waals surface area contributed by atoms with E-state index in [2.05, 4.69) is 10.3 Å². The van der Waals surface area contributed by atoms with Crippen LogP contribution in [0.1, 0.15) is 62.8 Å². The van der Waals surface area contributed by atoms with Gasteiger partial charge in [-0.05, 0) is 60.1 Å². The lowest BCUT2D eigenvalue weighted by Crippen LogP contribution is -2.57. The van der Waals surface area contributed by atoms with Gasteiger partial charge < -0.3 is 20.3 Å². The molecule has 1 aromatic carbocycles. The molecule has 44 heavy (non-hydrogen) atoms. The highest BCUT2D eigenvalue weighted by Gasteiger charge is 2.39. The zero-order valence-corrected chi connectivity index (χ0v) is 25.4. The van der Waals surface area contributed by atoms with Crippen molar-refractivity contribution < 1.29 is 51.3 Å². The monoisotopic (exact) mass is 650 g/mol. The van der Waals surface area contributed by atoms with E-state index in [9.17, 15) is 36.6 Å². The quantitative estimate of drug-likeness (QED) is 0.238. The van der Waals surface area contributed by atoms with Crippen molar-refractivity contribution >= 4 is 35.2 Å². The Labute approximate surface area is 254 Å². The van der Waals surface area contributed by atoms with Crippen molar-refractivity contribution in [2.75, 3.05) is 6.54 Å². The van der Waals surface area contributed by atoms with Gasteiger partial charge in [-0.3, -0.25) is 14.1 Å². The SMILES string of the molecule is Cc1nc2c(OCc3c(F)cccc3F)cc(Cl)cn2c1C(=O)NCCC(C)(C)N(C(=O)O)C(C)(C)C.O=C(O)C(F)(F)F. The number of alkyl halides is 3. The van der Waals surface area contributed by atoms with Gasteiger partial charge in [-0.1, -0.05) is 17.7 Å². The van der Waals surface area contributed by atoms with Crippen LogP contribution in [0.5, 0.6) is 5.75 Å². The standard InChI is InChI=1S/C26H31ClF2N4O4.C2HF3O2/c1-15-21(23(34)30-11-10-26(5,6)33(24(35)36)25(2,3)4)32-13-16(27)12-20(22(32)31-15)37-14-17-18(28)8-7-9-19(17)29;3-2(4,5)1(6)7/h7-9,12-13H,10-11,14H2,1-6H3,(H,30,34)(H,35,36);(H,6,7). The van der Waals surface area contributed by atoms with E-state index in [1.165, 1.54) is 27.6 Å². The van der Waals surface area contributed by atoms with Crippen molar-refractivity contribution in [2.45, 2.75) is 71.8 Å². The highest BCUT2D eigenvalue weighted by atomic mass is 35.5. The molecule has 0 bridgehead atoms. The smallest absolute Gasteiger partial charge is 0.485 e. The summed E-state index contributed by atoms with van der Waals surface area (Å²) in [6.07, 6.45) is -4.27. The van der Waals surface area contributed by atoms with Crippen molar-refractivity contribution in [1.82, 2.24) is 19.6 Å². The number of rotatable bonds is 8. The summed E-state index contributed by atoms with van der Waals surface area (Å²) in [7, 11) is 0. The fourth-order valence-corrected chi connectivity index (χ4v) is 4.72. The number of nitrogens with zero attached hydrogens (tertiary/aromatic N) is 3. The van der Waals surface area contributed by atoms with Crippen molar-refractivity contribution in [3.8, 4) is 5.75 Å². The van der Waals surface area contributed by atoms with Crippen LogP contribution in [0, 0.1) is 18.6 Å². The molecule has 2 amide bonds.